The fraction of sp³-hybridized carbons (Fsp3) is 0.385. The van der Waals surface area contributed by atoms with Gasteiger partial charge in [-0.25, -0.2) is 0 Å². The monoisotopic (exact) mass is 308 g/mol. The average molecular weight is 308 g/mol. The van der Waals surface area contributed by atoms with Gasteiger partial charge in [-0.3, -0.25) is 14.5 Å². The molecule has 0 aliphatic heterocycles. The standard InChI is InChI=1S/C13H16N4O3S/c1-3-20-12(19)8-17(2)7-11(18)14-9-5-4-6-10-13(9)16-21-15-10/h4-6H,3,7-8H2,1-2H3,(H,14,18). The molecule has 21 heavy (non-hydrogen) atoms. The molecular formula is C13H16N4O3S. The Hall–Kier alpha value is -2.06. The Bertz CT molecular complexity index is 643. The van der Waals surface area contributed by atoms with Crippen LogP contribution in [0.3, 0.4) is 0 Å². The highest BCUT2D eigenvalue weighted by atomic mass is 32.1. The topological polar surface area (TPSA) is 84.4 Å². The van der Waals surface area contributed by atoms with Gasteiger partial charge in [-0.05, 0) is 26.1 Å². The van der Waals surface area contributed by atoms with Crippen molar-refractivity contribution in [3.8, 4) is 0 Å². The third-order valence-electron chi connectivity index (χ3n) is 2.68. The molecule has 8 heteroatoms. The fourth-order valence-electron chi connectivity index (χ4n) is 1.82. The summed E-state index contributed by atoms with van der Waals surface area (Å²) in [6.45, 7) is 2.24. The van der Waals surface area contributed by atoms with Crippen LogP contribution in [0.4, 0.5) is 5.69 Å². The van der Waals surface area contributed by atoms with Gasteiger partial charge in [0.1, 0.15) is 11.0 Å². The van der Waals surface area contributed by atoms with Crippen molar-refractivity contribution in [2.24, 2.45) is 0 Å². The molecule has 0 fully saturated rings. The molecule has 0 saturated heterocycles. The Morgan fingerprint density at radius 1 is 1.33 bits per heavy atom. The number of aromatic nitrogens is 2. The average Bonchev–Trinajstić information content (AvgIpc) is 2.87. The van der Waals surface area contributed by atoms with Crippen molar-refractivity contribution in [2.45, 2.75) is 6.92 Å². The quantitative estimate of drug-likeness (QED) is 0.805. The van der Waals surface area contributed by atoms with Crippen molar-refractivity contribution in [1.29, 1.82) is 0 Å². The second kappa shape index (κ2) is 7.09. The first-order valence-electron chi connectivity index (χ1n) is 6.45. The first kappa shape index (κ1) is 15.3. The van der Waals surface area contributed by atoms with E-state index >= 15 is 0 Å². The number of hydrogen-bond donors (Lipinski definition) is 1. The first-order chi connectivity index (χ1) is 10.1. The molecule has 2 aromatic rings. The minimum atomic E-state index is -0.349. The zero-order valence-corrected chi connectivity index (χ0v) is 12.6. The Kier molecular flexibility index (Phi) is 5.18. The van der Waals surface area contributed by atoms with Crippen molar-refractivity contribution in [3.05, 3.63) is 18.2 Å². The molecule has 0 atom stereocenters. The van der Waals surface area contributed by atoms with E-state index < -0.39 is 0 Å². The number of fused-ring (bicyclic) bond motifs is 1. The van der Waals surface area contributed by atoms with Crippen LogP contribution in [-0.4, -0.2) is 52.3 Å². The van der Waals surface area contributed by atoms with Gasteiger partial charge >= 0.3 is 5.97 Å². The van der Waals surface area contributed by atoms with Gasteiger partial charge in [-0.2, -0.15) is 8.75 Å². The summed E-state index contributed by atoms with van der Waals surface area (Å²) in [6, 6.07) is 5.41. The highest BCUT2D eigenvalue weighted by Crippen LogP contribution is 2.20. The number of nitrogens with zero attached hydrogens (tertiary/aromatic N) is 3. The second-order valence-electron chi connectivity index (χ2n) is 4.46. The third kappa shape index (κ3) is 4.20. The smallest absolute Gasteiger partial charge is 0.320 e. The summed E-state index contributed by atoms with van der Waals surface area (Å²) in [5.41, 5.74) is 2.04. The number of anilines is 1. The third-order valence-corrected chi connectivity index (χ3v) is 3.22. The van der Waals surface area contributed by atoms with Gasteiger partial charge in [0.05, 0.1) is 37.1 Å². The molecular weight excluding hydrogens is 292 g/mol. The lowest BCUT2D eigenvalue weighted by Crippen LogP contribution is -2.34. The van der Waals surface area contributed by atoms with E-state index in [1.165, 1.54) is 0 Å². The molecule has 1 N–H and O–H groups in total. The summed E-state index contributed by atoms with van der Waals surface area (Å²) in [5, 5.41) is 2.78. The Balaban J connectivity index is 1.92. The van der Waals surface area contributed by atoms with Crippen LogP contribution in [0.15, 0.2) is 18.2 Å². The number of benzene rings is 1. The van der Waals surface area contributed by atoms with Gasteiger partial charge in [0.15, 0.2) is 0 Å². The van der Waals surface area contributed by atoms with Gasteiger partial charge in [-0.1, -0.05) is 6.07 Å². The molecule has 7 nitrogen and oxygen atoms in total. The number of rotatable bonds is 6. The van der Waals surface area contributed by atoms with Crippen molar-refractivity contribution >= 4 is 40.3 Å². The highest BCUT2D eigenvalue weighted by molar-refractivity contribution is 7.00. The minimum absolute atomic E-state index is 0.0731. The number of esters is 1. The Labute approximate surface area is 126 Å². The lowest BCUT2D eigenvalue weighted by Gasteiger charge is -2.15. The number of carbonyl (C=O) groups excluding carboxylic acids is 2. The lowest BCUT2D eigenvalue weighted by molar-refractivity contribution is -0.144. The SMILES string of the molecule is CCOC(=O)CN(C)CC(=O)Nc1cccc2nsnc12. The van der Waals surface area contributed by atoms with Crippen LogP contribution < -0.4 is 5.32 Å². The fourth-order valence-corrected chi connectivity index (χ4v) is 2.37. The van der Waals surface area contributed by atoms with Crippen LogP contribution >= 0.6 is 11.7 Å². The largest absolute Gasteiger partial charge is 0.465 e. The molecule has 0 unspecified atom stereocenters. The summed E-state index contributed by atoms with van der Waals surface area (Å²) < 4.78 is 13.1. The first-order valence-corrected chi connectivity index (χ1v) is 7.18. The molecule has 1 aromatic heterocycles. The van der Waals surface area contributed by atoms with E-state index in [9.17, 15) is 9.59 Å². The zero-order valence-electron chi connectivity index (χ0n) is 11.8. The molecule has 1 aromatic carbocycles. The van der Waals surface area contributed by atoms with Gasteiger partial charge in [0.2, 0.25) is 5.91 Å². The molecule has 112 valence electrons. The van der Waals surface area contributed by atoms with Gasteiger partial charge < -0.3 is 10.1 Å². The van der Waals surface area contributed by atoms with Crippen molar-refractivity contribution in [1.82, 2.24) is 13.6 Å². The van der Waals surface area contributed by atoms with Gasteiger partial charge in [0.25, 0.3) is 0 Å². The predicted molar refractivity (Wildman–Crippen MR) is 80.2 cm³/mol. The van der Waals surface area contributed by atoms with E-state index in [1.54, 1.807) is 24.9 Å². The van der Waals surface area contributed by atoms with E-state index in [0.717, 1.165) is 17.2 Å². The van der Waals surface area contributed by atoms with Crippen LogP contribution in [0.25, 0.3) is 11.0 Å². The normalized spacial score (nSPS) is 10.8. The van der Waals surface area contributed by atoms with Gasteiger partial charge in [-0.15, -0.1) is 0 Å². The van der Waals surface area contributed by atoms with E-state index in [4.69, 9.17) is 4.74 Å². The maximum absolute atomic E-state index is 12.0. The maximum atomic E-state index is 12.0. The molecule has 1 heterocycles. The molecule has 0 aliphatic carbocycles. The second-order valence-corrected chi connectivity index (χ2v) is 4.99. The van der Waals surface area contributed by atoms with Crippen LogP contribution in [0.1, 0.15) is 6.92 Å². The number of amides is 1. The summed E-state index contributed by atoms with van der Waals surface area (Å²) in [7, 11) is 1.68. The molecule has 0 aliphatic rings. The maximum Gasteiger partial charge on any atom is 0.320 e. The zero-order chi connectivity index (χ0) is 15.2. The minimum Gasteiger partial charge on any atom is -0.465 e. The van der Waals surface area contributed by atoms with Crippen LogP contribution in [-0.2, 0) is 14.3 Å². The summed E-state index contributed by atoms with van der Waals surface area (Å²) in [6.07, 6.45) is 0. The predicted octanol–water partition coefficient (Wildman–Crippen LogP) is 1.12. The van der Waals surface area contributed by atoms with Crippen LogP contribution in [0, 0.1) is 0 Å². The Morgan fingerprint density at radius 2 is 2.14 bits per heavy atom. The Morgan fingerprint density at radius 3 is 2.90 bits per heavy atom. The van der Waals surface area contributed by atoms with Crippen LogP contribution in [0.5, 0.6) is 0 Å². The van der Waals surface area contributed by atoms with E-state index in [2.05, 4.69) is 14.1 Å². The number of likely N-dealkylation sites (N-methyl/N-ethyl adjacent to an activating group) is 1. The molecule has 2 rings (SSSR count). The van der Waals surface area contributed by atoms with Crippen LogP contribution in [0.2, 0.25) is 0 Å². The van der Waals surface area contributed by atoms with Crippen molar-refractivity contribution < 1.29 is 14.3 Å². The molecule has 0 bridgehead atoms. The number of nitrogens with one attached hydrogen (secondary N) is 1. The number of hydrogen-bond acceptors (Lipinski definition) is 7. The number of ether oxygens (including phenoxy) is 1. The highest BCUT2D eigenvalue weighted by Gasteiger charge is 2.13. The number of carbonyl (C=O) groups is 2. The van der Waals surface area contributed by atoms with Crippen molar-refractivity contribution in [2.75, 3.05) is 32.1 Å². The van der Waals surface area contributed by atoms with E-state index in [0.29, 0.717) is 17.8 Å². The van der Waals surface area contributed by atoms with E-state index in [-0.39, 0.29) is 25.0 Å². The van der Waals surface area contributed by atoms with Crippen molar-refractivity contribution in [3.63, 3.8) is 0 Å². The lowest BCUT2D eigenvalue weighted by atomic mass is 10.2. The molecule has 0 spiro atoms. The van der Waals surface area contributed by atoms with Gasteiger partial charge in [0, 0.05) is 0 Å². The molecule has 0 saturated carbocycles. The van der Waals surface area contributed by atoms with E-state index in [1.807, 2.05) is 12.1 Å². The molecule has 0 radical (unpaired) electrons. The summed E-state index contributed by atoms with van der Waals surface area (Å²) >= 11 is 1.10. The summed E-state index contributed by atoms with van der Waals surface area (Å²) in [4.78, 5) is 24.9. The summed E-state index contributed by atoms with van der Waals surface area (Å²) in [5.74, 6) is -0.569. The molecule has 1 amide bonds.